The van der Waals surface area contributed by atoms with Gasteiger partial charge in [-0.2, -0.15) is 0 Å². The third-order valence-electron chi connectivity index (χ3n) is 7.97. The first-order valence-corrected chi connectivity index (χ1v) is 16.0. The number of anilines is 3. The Morgan fingerprint density at radius 1 is 1.04 bits per heavy atom. The smallest absolute Gasteiger partial charge is 0.409 e. The van der Waals surface area contributed by atoms with Crippen molar-refractivity contribution in [1.29, 1.82) is 0 Å². The van der Waals surface area contributed by atoms with Crippen molar-refractivity contribution in [3.63, 3.8) is 0 Å². The standard InChI is InChI=1S/C32H35N5O7S/c1-4-45(41,42)28-12-9-22(36-32(39)40)18-24(28)25-6-5-15-37(25)31(38)29(20-7-11-26(43-2)27(17-20)44-3)35-21-8-10-23-19(16-21)13-14-34-30(23)33/h7-14,16-18,25,29,35-36H,4-6,15H2,1-3H3,(H2,33,34)(H,39,40). The summed E-state index contributed by atoms with van der Waals surface area (Å²) < 4.78 is 37.3. The van der Waals surface area contributed by atoms with Crippen molar-refractivity contribution in [3.8, 4) is 11.5 Å². The molecule has 0 radical (unpaired) electrons. The maximum Gasteiger partial charge on any atom is 0.409 e. The molecule has 2 amide bonds. The van der Waals surface area contributed by atoms with Crippen molar-refractivity contribution < 1.29 is 32.6 Å². The molecule has 236 valence electrons. The minimum absolute atomic E-state index is 0.0713. The molecule has 45 heavy (non-hydrogen) atoms. The number of sulfone groups is 1. The fraction of sp³-hybridized carbons (Fsp3) is 0.281. The molecule has 13 heteroatoms. The summed E-state index contributed by atoms with van der Waals surface area (Å²) in [5, 5.41) is 16.6. The summed E-state index contributed by atoms with van der Waals surface area (Å²) in [4.78, 5) is 31.9. The van der Waals surface area contributed by atoms with E-state index in [9.17, 15) is 23.1 Å². The van der Waals surface area contributed by atoms with Crippen LogP contribution in [0.15, 0.2) is 71.8 Å². The second-order valence-corrected chi connectivity index (χ2v) is 12.8. The van der Waals surface area contributed by atoms with Crippen LogP contribution in [0, 0.1) is 0 Å². The molecule has 5 N–H and O–H groups in total. The largest absolute Gasteiger partial charge is 0.493 e. The first-order valence-electron chi connectivity index (χ1n) is 14.4. The molecule has 1 aliphatic rings. The van der Waals surface area contributed by atoms with E-state index in [0.29, 0.717) is 53.5 Å². The normalized spacial score (nSPS) is 15.4. The molecule has 0 spiro atoms. The number of carbonyl (C=O) groups is 2. The first-order chi connectivity index (χ1) is 21.6. The number of nitrogen functional groups attached to an aromatic ring is 1. The lowest BCUT2D eigenvalue weighted by Gasteiger charge is -2.31. The van der Waals surface area contributed by atoms with Gasteiger partial charge < -0.3 is 30.5 Å². The number of ether oxygens (including phenoxy) is 2. The van der Waals surface area contributed by atoms with E-state index in [1.165, 1.54) is 32.4 Å². The fourth-order valence-electron chi connectivity index (χ4n) is 5.75. The minimum Gasteiger partial charge on any atom is -0.493 e. The summed E-state index contributed by atoms with van der Waals surface area (Å²) in [7, 11) is -0.659. The van der Waals surface area contributed by atoms with Crippen LogP contribution in [0.4, 0.5) is 22.0 Å². The average Bonchev–Trinajstić information content (AvgIpc) is 3.53. The van der Waals surface area contributed by atoms with E-state index in [1.54, 1.807) is 36.2 Å². The van der Waals surface area contributed by atoms with Crippen LogP contribution in [0.3, 0.4) is 0 Å². The van der Waals surface area contributed by atoms with Gasteiger partial charge in [0.25, 0.3) is 0 Å². The average molecular weight is 634 g/mol. The third kappa shape index (κ3) is 6.43. The van der Waals surface area contributed by atoms with Crippen LogP contribution >= 0.6 is 0 Å². The molecule has 0 aliphatic carbocycles. The van der Waals surface area contributed by atoms with Crippen LogP contribution in [-0.2, 0) is 14.6 Å². The fourth-order valence-corrected chi connectivity index (χ4v) is 6.89. The van der Waals surface area contributed by atoms with Crippen molar-refractivity contribution in [1.82, 2.24) is 9.88 Å². The van der Waals surface area contributed by atoms with Gasteiger partial charge in [0.1, 0.15) is 11.9 Å². The topological polar surface area (TPSA) is 173 Å². The van der Waals surface area contributed by atoms with Crippen LogP contribution in [0.2, 0.25) is 0 Å². The lowest BCUT2D eigenvalue weighted by atomic mass is 10.00. The zero-order chi connectivity index (χ0) is 32.3. The van der Waals surface area contributed by atoms with E-state index in [4.69, 9.17) is 15.2 Å². The Bertz CT molecular complexity index is 1860. The highest BCUT2D eigenvalue weighted by atomic mass is 32.2. The summed E-state index contributed by atoms with van der Waals surface area (Å²) in [6.07, 6.45) is 1.45. The van der Waals surface area contributed by atoms with E-state index in [-0.39, 0.29) is 22.2 Å². The first kappa shape index (κ1) is 31.4. The molecule has 0 bridgehead atoms. The Morgan fingerprint density at radius 2 is 1.80 bits per heavy atom. The predicted octanol–water partition coefficient (Wildman–Crippen LogP) is 5.23. The number of nitrogens with zero attached hydrogens (tertiary/aromatic N) is 2. The number of nitrogens with one attached hydrogen (secondary N) is 2. The van der Waals surface area contributed by atoms with Crippen LogP contribution in [-0.4, -0.2) is 61.9 Å². The number of carbonyl (C=O) groups excluding carboxylic acids is 1. The van der Waals surface area contributed by atoms with Gasteiger partial charge in [-0.25, -0.2) is 18.2 Å². The number of fused-ring (bicyclic) bond motifs is 1. The molecule has 4 aromatic rings. The molecule has 12 nitrogen and oxygen atoms in total. The molecule has 5 rings (SSSR count). The lowest BCUT2D eigenvalue weighted by Crippen LogP contribution is -2.38. The number of pyridine rings is 1. The van der Waals surface area contributed by atoms with E-state index in [0.717, 1.165) is 10.8 Å². The van der Waals surface area contributed by atoms with Crippen LogP contribution in [0.25, 0.3) is 10.8 Å². The number of aromatic nitrogens is 1. The molecule has 2 unspecified atom stereocenters. The number of likely N-dealkylation sites (tertiary alicyclic amines) is 1. The Balaban J connectivity index is 1.59. The van der Waals surface area contributed by atoms with Crippen molar-refractivity contribution in [2.75, 3.05) is 42.9 Å². The van der Waals surface area contributed by atoms with Gasteiger partial charge >= 0.3 is 6.09 Å². The highest BCUT2D eigenvalue weighted by molar-refractivity contribution is 7.91. The highest BCUT2D eigenvalue weighted by Crippen LogP contribution is 2.40. The Morgan fingerprint density at radius 3 is 2.51 bits per heavy atom. The molecular weight excluding hydrogens is 598 g/mol. The number of hydrogen-bond acceptors (Lipinski definition) is 9. The van der Waals surface area contributed by atoms with Crippen molar-refractivity contribution in [2.24, 2.45) is 0 Å². The summed E-state index contributed by atoms with van der Waals surface area (Å²) in [6.45, 7) is 1.92. The van der Waals surface area contributed by atoms with Crippen LogP contribution in [0.5, 0.6) is 11.5 Å². The Labute approximate surface area is 261 Å². The predicted molar refractivity (Wildman–Crippen MR) is 172 cm³/mol. The van der Waals surface area contributed by atoms with E-state index < -0.39 is 28.0 Å². The monoisotopic (exact) mass is 633 g/mol. The van der Waals surface area contributed by atoms with Gasteiger partial charge in [-0.05, 0) is 84.0 Å². The van der Waals surface area contributed by atoms with Crippen molar-refractivity contribution in [2.45, 2.75) is 36.7 Å². The van der Waals surface area contributed by atoms with Gasteiger partial charge in [0.2, 0.25) is 5.91 Å². The molecule has 1 fully saturated rings. The quantitative estimate of drug-likeness (QED) is 0.181. The maximum absolute atomic E-state index is 14.6. The lowest BCUT2D eigenvalue weighted by molar-refractivity contribution is -0.133. The van der Waals surface area contributed by atoms with Gasteiger partial charge in [0.05, 0.1) is 30.9 Å². The van der Waals surface area contributed by atoms with Crippen LogP contribution < -0.4 is 25.8 Å². The number of amides is 2. The summed E-state index contributed by atoms with van der Waals surface area (Å²) >= 11 is 0. The van der Waals surface area contributed by atoms with Crippen LogP contribution in [0.1, 0.15) is 43.0 Å². The number of nitrogens with two attached hydrogens (primary N) is 1. The molecule has 1 aromatic heterocycles. The van der Waals surface area contributed by atoms with E-state index in [1.807, 2.05) is 24.3 Å². The summed E-state index contributed by atoms with van der Waals surface area (Å²) in [6, 6.07) is 15.4. The molecule has 2 heterocycles. The SMILES string of the molecule is CCS(=O)(=O)c1ccc(NC(=O)O)cc1C1CCCN1C(=O)C(Nc1ccc2c(N)nccc2c1)c1ccc(OC)c(OC)c1. The zero-order valence-corrected chi connectivity index (χ0v) is 25.9. The summed E-state index contributed by atoms with van der Waals surface area (Å²) in [5.74, 6) is 0.884. The Hall–Kier alpha value is -5.04. The van der Waals surface area contributed by atoms with Gasteiger partial charge in [0.15, 0.2) is 21.3 Å². The second-order valence-electron chi connectivity index (χ2n) is 10.6. The van der Waals surface area contributed by atoms with Gasteiger partial charge in [-0.3, -0.25) is 10.1 Å². The van der Waals surface area contributed by atoms with Crippen molar-refractivity contribution >= 4 is 49.8 Å². The second kappa shape index (κ2) is 12.9. The number of hydrogen-bond donors (Lipinski definition) is 4. The number of methoxy groups -OCH3 is 2. The van der Waals surface area contributed by atoms with Crippen molar-refractivity contribution in [3.05, 3.63) is 78.0 Å². The maximum atomic E-state index is 14.6. The van der Waals surface area contributed by atoms with E-state index >= 15 is 0 Å². The molecule has 0 saturated carbocycles. The highest BCUT2D eigenvalue weighted by Gasteiger charge is 2.37. The summed E-state index contributed by atoms with van der Waals surface area (Å²) in [5.41, 5.74) is 7.88. The van der Waals surface area contributed by atoms with Gasteiger partial charge in [-0.15, -0.1) is 0 Å². The molecular formula is C32H35N5O7S. The third-order valence-corrected chi connectivity index (χ3v) is 9.77. The molecule has 2 atom stereocenters. The minimum atomic E-state index is -3.70. The molecule has 1 aliphatic heterocycles. The number of rotatable bonds is 10. The molecule has 1 saturated heterocycles. The number of benzene rings is 3. The van der Waals surface area contributed by atoms with Gasteiger partial charge in [-0.1, -0.05) is 13.0 Å². The molecule has 3 aromatic carbocycles. The van der Waals surface area contributed by atoms with Gasteiger partial charge in [0, 0.05) is 29.5 Å². The van der Waals surface area contributed by atoms with E-state index in [2.05, 4.69) is 15.6 Å². The number of carboxylic acid groups (broad SMARTS) is 1. The zero-order valence-electron chi connectivity index (χ0n) is 25.1. The Kier molecular flexibility index (Phi) is 9.00.